The van der Waals surface area contributed by atoms with Gasteiger partial charge < -0.3 is 0 Å². The second-order valence-electron chi connectivity index (χ2n) is 7.69. The molecule has 0 bridgehead atoms. The number of hydrogen-bond donors (Lipinski definition) is 0. The summed E-state index contributed by atoms with van der Waals surface area (Å²) in [6, 6.07) is 22.4. The van der Waals surface area contributed by atoms with Crippen molar-refractivity contribution in [2.75, 3.05) is 0 Å². The van der Waals surface area contributed by atoms with Crippen LogP contribution in [0.2, 0.25) is 0 Å². The third-order valence-corrected chi connectivity index (χ3v) is 5.87. The molecule has 3 aromatic rings. The van der Waals surface area contributed by atoms with E-state index in [0.717, 1.165) is 5.92 Å². The van der Waals surface area contributed by atoms with Crippen molar-refractivity contribution in [2.24, 2.45) is 7.05 Å². The average Bonchev–Trinajstić information content (AvgIpc) is 2.70. The van der Waals surface area contributed by atoms with Crippen molar-refractivity contribution in [3.8, 4) is 22.4 Å². The van der Waals surface area contributed by atoms with Gasteiger partial charge in [0, 0.05) is 17.7 Å². The number of nitrogens with zero attached hydrogens (tertiary/aromatic N) is 1. The van der Waals surface area contributed by atoms with Crippen molar-refractivity contribution in [1.82, 2.24) is 0 Å². The summed E-state index contributed by atoms with van der Waals surface area (Å²) in [6.07, 6.45) is 9.06. The monoisotopic (exact) mass is 342 g/mol. The molecule has 0 saturated heterocycles. The van der Waals surface area contributed by atoms with Crippen LogP contribution in [0.4, 0.5) is 0 Å². The van der Waals surface area contributed by atoms with Crippen molar-refractivity contribution in [2.45, 2.75) is 44.9 Å². The van der Waals surface area contributed by atoms with Crippen LogP contribution in [0.3, 0.4) is 0 Å². The maximum Gasteiger partial charge on any atom is 0.213 e. The normalized spacial score (nSPS) is 15.2. The van der Waals surface area contributed by atoms with Crippen LogP contribution >= 0.6 is 0 Å². The van der Waals surface area contributed by atoms with Gasteiger partial charge in [-0.2, -0.15) is 0 Å². The molecule has 0 amide bonds. The highest BCUT2D eigenvalue weighted by Crippen LogP contribution is 2.34. The topological polar surface area (TPSA) is 3.88 Å². The maximum absolute atomic E-state index is 2.42. The number of aryl methyl sites for hydroxylation is 2. The van der Waals surface area contributed by atoms with Gasteiger partial charge in [-0.25, -0.2) is 4.57 Å². The maximum atomic E-state index is 2.42. The Hall–Kier alpha value is -2.41. The first kappa shape index (κ1) is 17.0. The highest BCUT2D eigenvalue weighted by molar-refractivity contribution is 5.70. The van der Waals surface area contributed by atoms with E-state index < -0.39 is 0 Å². The molecule has 132 valence electrons. The largest absolute Gasteiger partial charge is 0.213 e. The first-order valence-corrected chi connectivity index (χ1v) is 9.88. The standard InChI is InChI=1S/C25H28N/c1-19-9-6-7-14-24(19)25-18-23(15-16-26(25)2)22-13-8-12-21(17-22)20-10-4-3-5-11-20/h6-9,12-18,20H,3-5,10-11H2,1-2H3/q+1. The van der Waals surface area contributed by atoms with Crippen LogP contribution in [-0.2, 0) is 7.05 Å². The van der Waals surface area contributed by atoms with Crippen molar-refractivity contribution in [3.05, 3.63) is 78.0 Å². The van der Waals surface area contributed by atoms with Gasteiger partial charge in [0.1, 0.15) is 7.05 Å². The minimum atomic E-state index is 0.749. The fraction of sp³-hybridized carbons (Fsp3) is 0.320. The third kappa shape index (κ3) is 3.44. The van der Waals surface area contributed by atoms with Crippen molar-refractivity contribution in [1.29, 1.82) is 0 Å². The molecule has 0 atom stereocenters. The van der Waals surface area contributed by atoms with Gasteiger partial charge in [-0.15, -0.1) is 0 Å². The summed E-state index contributed by atoms with van der Waals surface area (Å²) in [5.74, 6) is 0.749. The molecular formula is C25H28N+. The summed E-state index contributed by atoms with van der Waals surface area (Å²) >= 11 is 0. The third-order valence-electron chi connectivity index (χ3n) is 5.87. The SMILES string of the molecule is Cc1ccccc1-c1cc(-c2cccc(C3CCCCC3)c2)cc[n+]1C. The van der Waals surface area contributed by atoms with Crippen molar-refractivity contribution in [3.63, 3.8) is 0 Å². The molecule has 1 aliphatic rings. The second kappa shape index (κ2) is 7.45. The van der Waals surface area contributed by atoms with Crippen LogP contribution in [0.15, 0.2) is 66.9 Å². The molecule has 0 unspecified atom stereocenters. The molecule has 1 saturated carbocycles. The van der Waals surface area contributed by atoms with Gasteiger partial charge in [-0.05, 0) is 54.0 Å². The van der Waals surface area contributed by atoms with Gasteiger partial charge in [0.25, 0.3) is 0 Å². The summed E-state index contributed by atoms with van der Waals surface area (Å²) in [5, 5.41) is 0. The molecule has 1 heteroatoms. The van der Waals surface area contributed by atoms with Gasteiger partial charge in [0.2, 0.25) is 5.69 Å². The van der Waals surface area contributed by atoms with E-state index in [4.69, 9.17) is 0 Å². The van der Waals surface area contributed by atoms with Gasteiger partial charge in [-0.1, -0.05) is 61.7 Å². The Balaban J connectivity index is 1.73. The Labute approximate surface area is 157 Å². The Morgan fingerprint density at radius 3 is 2.38 bits per heavy atom. The highest BCUT2D eigenvalue weighted by Gasteiger charge is 2.17. The molecule has 0 N–H and O–H groups in total. The average molecular weight is 343 g/mol. The smallest absolute Gasteiger partial charge is 0.201 e. The Bertz CT molecular complexity index is 904. The molecule has 1 aliphatic carbocycles. The molecule has 0 aliphatic heterocycles. The predicted octanol–water partition coefficient (Wildman–Crippen LogP) is 6.20. The fourth-order valence-corrected chi connectivity index (χ4v) is 4.29. The van der Waals surface area contributed by atoms with E-state index in [1.807, 2.05) is 0 Å². The highest BCUT2D eigenvalue weighted by atomic mass is 14.9. The van der Waals surface area contributed by atoms with Crippen LogP contribution in [0.5, 0.6) is 0 Å². The Kier molecular flexibility index (Phi) is 4.88. The van der Waals surface area contributed by atoms with Crippen LogP contribution in [0.1, 0.15) is 49.1 Å². The first-order valence-electron chi connectivity index (χ1n) is 9.88. The molecule has 2 aromatic carbocycles. The molecule has 1 aromatic heterocycles. The lowest BCUT2D eigenvalue weighted by atomic mass is 9.83. The minimum absolute atomic E-state index is 0.749. The predicted molar refractivity (Wildman–Crippen MR) is 109 cm³/mol. The molecule has 1 nitrogen and oxygen atoms in total. The number of pyridine rings is 1. The molecule has 1 heterocycles. The zero-order chi connectivity index (χ0) is 17.9. The number of benzene rings is 2. The molecule has 4 rings (SSSR count). The lowest BCUT2D eigenvalue weighted by molar-refractivity contribution is -0.660. The van der Waals surface area contributed by atoms with E-state index in [1.54, 1.807) is 0 Å². The second-order valence-corrected chi connectivity index (χ2v) is 7.69. The van der Waals surface area contributed by atoms with E-state index in [2.05, 4.69) is 85.4 Å². The Morgan fingerprint density at radius 2 is 1.58 bits per heavy atom. The van der Waals surface area contributed by atoms with Crippen LogP contribution < -0.4 is 4.57 Å². The van der Waals surface area contributed by atoms with Crippen LogP contribution in [-0.4, -0.2) is 0 Å². The quantitative estimate of drug-likeness (QED) is 0.499. The van der Waals surface area contributed by atoms with E-state index in [-0.39, 0.29) is 0 Å². The van der Waals surface area contributed by atoms with Crippen molar-refractivity contribution < 1.29 is 4.57 Å². The summed E-state index contributed by atoms with van der Waals surface area (Å²) < 4.78 is 2.22. The molecule has 0 spiro atoms. The molecule has 1 fully saturated rings. The molecule has 0 radical (unpaired) electrons. The summed E-state index contributed by atoms with van der Waals surface area (Å²) in [5.41, 5.74) is 8.05. The number of rotatable bonds is 3. The van der Waals surface area contributed by atoms with E-state index in [0.29, 0.717) is 0 Å². The Morgan fingerprint density at radius 1 is 0.808 bits per heavy atom. The lowest BCUT2D eigenvalue weighted by Gasteiger charge is -2.22. The zero-order valence-electron chi connectivity index (χ0n) is 15.9. The van der Waals surface area contributed by atoms with E-state index >= 15 is 0 Å². The van der Waals surface area contributed by atoms with E-state index in [9.17, 15) is 0 Å². The summed E-state index contributed by atoms with van der Waals surface area (Å²) in [6.45, 7) is 2.19. The fourth-order valence-electron chi connectivity index (χ4n) is 4.29. The van der Waals surface area contributed by atoms with Crippen LogP contribution in [0, 0.1) is 6.92 Å². The number of aromatic nitrogens is 1. The van der Waals surface area contributed by atoms with Gasteiger partial charge in [0.05, 0.1) is 0 Å². The van der Waals surface area contributed by atoms with Gasteiger partial charge >= 0.3 is 0 Å². The van der Waals surface area contributed by atoms with Gasteiger partial charge in [0.15, 0.2) is 6.20 Å². The van der Waals surface area contributed by atoms with Gasteiger partial charge in [-0.3, -0.25) is 0 Å². The number of hydrogen-bond acceptors (Lipinski definition) is 0. The van der Waals surface area contributed by atoms with Crippen molar-refractivity contribution >= 4 is 0 Å². The summed E-state index contributed by atoms with van der Waals surface area (Å²) in [7, 11) is 2.13. The lowest BCUT2D eigenvalue weighted by Crippen LogP contribution is -2.30. The zero-order valence-corrected chi connectivity index (χ0v) is 15.9. The molecular weight excluding hydrogens is 314 g/mol. The summed E-state index contributed by atoms with van der Waals surface area (Å²) in [4.78, 5) is 0. The van der Waals surface area contributed by atoms with E-state index in [1.165, 1.54) is 65.6 Å². The first-order chi connectivity index (χ1) is 12.7. The molecule has 26 heavy (non-hydrogen) atoms. The minimum Gasteiger partial charge on any atom is -0.201 e. The van der Waals surface area contributed by atoms with Crippen LogP contribution in [0.25, 0.3) is 22.4 Å².